The van der Waals surface area contributed by atoms with Crippen molar-refractivity contribution >= 4 is 11.6 Å². The van der Waals surface area contributed by atoms with Crippen LogP contribution in [-0.2, 0) is 11.2 Å². The highest BCUT2D eigenvalue weighted by molar-refractivity contribution is 6.06. The van der Waals surface area contributed by atoms with E-state index in [0.29, 0.717) is 11.6 Å². The molecule has 1 aliphatic heterocycles. The van der Waals surface area contributed by atoms with E-state index in [1.807, 2.05) is 12.1 Å². The maximum absolute atomic E-state index is 12.5. The molecule has 0 bridgehead atoms. The quantitative estimate of drug-likeness (QED) is 0.470. The molecular weight excluding hydrogens is 350 g/mol. The molecule has 3 rings (SSSR count). The Hall–Kier alpha value is -3.26. The number of nitrogens with zero attached hydrogens (tertiary/aromatic N) is 2. The maximum atomic E-state index is 12.5. The molecule has 0 unspecified atom stereocenters. The van der Waals surface area contributed by atoms with E-state index in [2.05, 4.69) is 34.5 Å². The first-order valence-electron chi connectivity index (χ1n) is 9.56. The fourth-order valence-electron chi connectivity index (χ4n) is 3.53. The fraction of sp³-hybridized carbons (Fsp3) is 0.304. The summed E-state index contributed by atoms with van der Waals surface area (Å²) < 4.78 is 0. The molecule has 2 aromatic rings. The van der Waals surface area contributed by atoms with Crippen molar-refractivity contribution in [1.29, 1.82) is 5.26 Å². The summed E-state index contributed by atoms with van der Waals surface area (Å²) in [4.78, 5) is 14.5. The summed E-state index contributed by atoms with van der Waals surface area (Å²) in [6.45, 7) is 3.48. The zero-order chi connectivity index (χ0) is 19.9. The summed E-state index contributed by atoms with van der Waals surface area (Å²) in [7, 11) is 0. The van der Waals surface area contributed by atoms with Crippen molar-refractivity contribution in [2.24, 2.45) is 5.92 Å². The highest BCUT2D eigenvalue weighted by Crippen LogP contribution is 2.23. The molecule has 5 nitrogen and oxygen atoms in total. The maximum Gasteiger partial charge on any atom is 0.267 e. The molecule has 1 aliphatic rings. The first kappa shape index (κ1) is 19.5. The van der Waals surface area contributed by atoms with Gasteiger partial charge in [-0.2, -0.15) is 5.26 Å². The second-order valence-electron chi connectivity index (χ2n) is 7.28. The predicted molar refractivity (Wildman–Crippen MR) is 110 cm³/mol. The van der Waals surface area contributed by atoms with Gasteiger partial charge in [0.25, 0.3) is 5.91 Å². The van der Waals surface area contributed by atoms with Gasteiger partial charge in [0.1, 0.15) is 17.4 Å². The number of hydrogen-bond acceptors (Lipinski definition) is 4. The molecule has 0 atom stereocenters. The van der Waals surface area contributed by atoms with Crippen molar-refractivity contribution in [2.45, 2.75) is 26.2 Å². The average Bonchev–Trinajstić information content (AvgIpc) is 2.70. The molecule has 0 aliphatic carbocycles. The Balaban J connectivity index is 1.57. The molecule has 2 aromatic carbocycles. The molecule has 0 spiro atoms. The highest BCUT2D eigenvalue weighted by atomic mass is 16.3. The van der Waals surface area contributed by atoms with Gasteiger partial charge in [-0.25, -0.2) is 0 Å². The van der Waals surface area contributed by atoms with E-state index in [-0.39, 0.29) is 11.3 Å². The lowest BCUT2D eigenvalue weighted by atomic mass is 9.90. The van der Waals surface area contributed by atoms with Crippen LogP contribution in [0.1, 0.15) is 24.0 Å². The Labute approximate surface area is 165 Å². The van der Waals surface area contributed by atoms with Crippen LogP contribution >= 0.6 is 0 Å². The number of nitrogens with one attached hydrogen (secondary N) is 1. The second-order valence-corrected chi connectivity index (χ2v) is 7.28. The lowest BCUT2D eigenvalue weighted by Crippen LogP contribution is -2.31. The Morgan fingerprint density at radius 3 is 2.61 bits per heavy atom. The van der Waals surface area contributed by atoms with Crippen LogP contribution in [0.2, 0.25) is 0 Å². The minimum Gasteiger partial charge on any atom is -0.508 e. The van der Waals surface area contributed by atoms with E-state index >= 15 is 0 Å². The number of hydrogen-bond donors (Lipinski definition) is 2. The summed E-state index contributed by atoms with van der Waals surface area (Å²) in [5, 5.41) is 21.6. The highest BCUT2D eigenvalue weighted by Gasteiger charge is 2.20. The number of carbonyl (C=O) groups excluding carboxylic acids is 1. The normalized spacial score (nSPS) is 15.1. The van der Waals surface area contributed by atoms with Gasteiger partial charge in [0.2, 0.25) is 0 Å². The molecule has 1 saturated heterocycles. The molecule has 0 radical (unpaired) electrons. The Kier molecular flexibility index (Phi) is 6.33. The number of piperidine rings is 1. The Morgan fingerprint density at radius 1 is 1.25 bits per heavy atom. The molecule has 144 valence electrons. The van der Waals surface area contributed by atoms with E-state index in [1.54, 1.807) is 25.3 Å². The third-order valence-corrected chi connectivity index (χ3v) is 5.15. The molecule has 1 amide bonds. The van der Waals surface area contributed by atoms with Gasteiger partial charge in [0.15, 0.2) is 0 Å². The molecular formula is C23H25N3O2. The summed E-state index contributed by atoms with van der Waals surface area (Å²) in [5.74, 6) is 0.346. The smallest absolute Gasteiger partial charge is 0.267 e. The van der Waals surface area contributed by atoms with Crippen LogP contribution in [0.25, 0.3) is 0 Å². The second kappa shape index (κ2) is 9.09. The van der Waals surface area contributed by atoms with Crippen molar-refractivity contribution in [2.75, 3.05) is 18.4 Å². The van der Waals surface area contributed by atoms with Crippen LogP contribution in [0.3, 0.4) is 0 Å². The van der Waals surface area contributed by atoms with E-state index in [9.17, 15) is 15.2 Å². The summed E-state index contributed by atoms with van der Waals surface area (Å²) in [5.41, 5.74) is 2.78. The molecule has 1 heterocycles. The van der Waals surface area contributed by atoms with Gasteiger partial charge in [0, 0.05) is 25.0 Å². The molecule has 0 aromatic heterocycles. The van der Waals surface area contributed by atoms with E-state index in [0.717, 1.165) is 37.9 Å². The van der Waals surface area contributed by atoms with E-state index in [1.165, 1.54) is 11.6 Å². The van der Waals surface area contributed by atoms with Gasteiger partial charge >= 0.3 is 0 Å². The zero-order valence-electron chi connectivity index (χ0n) is 16.1. The largest absolute Gasteiger partial charge is 0.508 e. The molecule has 0 saturated carbocycles. The number of aromatic hydroxyl groups is 1. The van der Waals surface area contributed by atoms with Crippen LogP contribution in [0.4, 0.5) is 5.69 Å². The lowest BCUT2D eigenvalue weighted by molar-refractivity contribution is -0.112. The van der Waals surface area contributed by atoms with Gasteiger partial charge in [-0.05, 0) is 61.4 Å². The van der Waals surface area contributed by atoms with Crippen LogP contribution in [0.15, 0.2) is 60.3 Å². The predicted octanol–water partition coefficient (Wildman–Crippen LogP) is 4.00. The minimum atomic E-state index is -0.428. The monoisotopic (exact) mass is 375 g/mol. The summed E-state index contributed by atoms with van der Waals surface area (Å²) in [6, 6.07) is 17.2. The van der Waals surface area contributed by atoms with Gasteiger partial charge in [-0.3, -0.25) is 4.79 Å². The standard InChI is InChI=1S/C23H25N3O2/c1-17-13-21(27)7-8-22(17)25-23(28)20(15-24)16-26-11-9-19(10-12-26)14-18-5-3-2-4-6-18/h2-8,13,16,19,27H,9-12,14H2,1H3,(H,25,28)/b20-16-. The first-order chi connectivity index (χ1) is 13.5. The molecule has 28 heavy (non-hydrogen) atoms. The van der Waals surface area contributed by atoms with Crippen LogP contribution in [-0.4, -0.2) is 29.0 Å². The van der Waals surface area contributed by atoms with Crippen molar-refractivity contribution in [1.82, 2.24) is 4.90 Å². The number of amides is 1. The van der Waals surface area contributed by atoms with Crippen molar-refractivity contribution in [3.8, 4) is 11.8 Å². The number of nitriles is 1. The topological polar surface area (TPSA) is 76.4 Å². The molecule has 2 N–H and O–H groups in total. The number of rotatable bonds is 5. The van der Waals surface area contributed by atoms with Crippen LogP contribution in [0, 0.1) is 24.2 Å². The molecule has 1 fully saturated rings. The SMILES string of the molecule is Cc1cc(O)ccc1NC(=O)/C(C#N)=C\N1CCC(Cc2ccccc2)CC1. The first-order valence-corrected chi connectivity index (χ1v) is 9.56. The zero-order valence-corrected chi connectivity index (χ0v) is 16.1. The number of benzene rings is 2. The van der Waals surface area contributed by atoms with Crippen LogP contribution in [0.5, 0.6) is 5.75 Å². The number of carbonyl (C=O) groups is 1. The third kappa shape index (κ3) is 5.14. The van der Waals surface area contributed by atoms with Gasteiger partial charge in [-0.15, -0.1) is 0 Å². The summed E-state index contributed by atoms with van der Waals surface area (Å²) in [6.07, 6.45) is 4.83. The van der Waals surface area contributed by atoms with Gasteiger partial charge in [0.05, 0.1) is 0 Å². The Bertz CT molecular complexity index is 892. The number of phenolic OH excluding ortho intramolecular Hbond substituents is 1. The fourth-order valence-corrected chi connectivity index (χ4v) is 3.53. The van der Waals surface area contributed by atoms with Gasteiger partial charge in [-0.1, -0.05) is 30.3 Å². The Morgan fingerprint density at radius 2 is 1.96 bits per heavy atom. The lowest BCUT2D eigenvalue weighted by Gasteiger charge is -2.31. The van der Waals surface area contributed by atoms with Crippen molar-refractivity contribution in [3.63, 3.8) is 0 Å². The number of phenols is 1. The molecule has 5 heteroatoms. The number of likely N-dealkylation sites (tertiary alicyclic amines) is 1. The van der Waals surface area contributed by atoms with Crippen molar-refractivity contribution in [3.05, 3.63) is 71.4 Å². The number of anilines is 1. The van der Waals surface area contributed by atoms with Gasteiger partial charge < -0.3 is 15.3 Å². The number of aryl methyl sites for hydroxylation is 1. The minimum absolute atomic E-state index is 0.0917. The van der Waals surface area contributed by atoms with E-state index in [4.69, 9.17) is 0 Å². The summed E-state index contributed by atoms with van der Waals surface area (Å²) >= 11 is 0. The van der Waals surface area contributed by atoms with Crippen LogP contribution < -0.4 is 5.32 Å². The van der Waals surface area contributed by atoms with E-state index < -0.39 is 5.91 Å². The average molecular weight is 375 g/mol. The van der Waals surface area contributed by atoms with Crippen molar-refractivity contribution < 1.29 is 9.90 Å². The third-order valence-electron chi connectivity index (χ3n) is 5.15.